The van der Waals surface area contributed by atoms with Crippen molar-refractivity contribution < 1.29 is 32.4 Å². The molecule has 1 fully saturated rings. The minimum atomic E-state index is -4.52. The Kier molecular flexibility index (Phi) is 7.11. The highest BCUT2D eigenvalue weighted by molar-refractivity contribution is 6.33. The van der Waals surface area contributed by atoms with Crippen LogP contribution >= 0.6 is 11.6 Å². The summed E-state index contributed by atoms with van der Waals surface area (Å²) >= 11 is 5.92. The van der Waals surface area contributed by atoms with Gasteiger partial charge in [-0.05, 0) is 32.0 Å². The number of quaternary nitrogens is 1. The molecule has 1 heterocycles. The number of anilines is 1. The molecule has 0 saturated carbocycles. The molecular weight excluding hydrogens is 385 g/mol. The second kappa shape index (κ2) is 8.93. The van der Waals surface area contributed by atoms with Gasteiger partial charge in [0.2, 0.25) is 0 Å². The third kappa shape index (κ3) is 5.59. The minimum Gasteiger partial charge on any atom is -0.466 e. The molecule has 1 aliphatic rings. The number of hydrogen-bond acceptors (Lipinski definition) is 3. The molecule has 150 valence electrons. The SMILES string of the molecule is CCOC(=O)C1CC[NH+]([C@@H](C)C(=O)Nc2cc(C(F)(F)F)ccc2Cl)CC1. The van der Waals surface area contributed by atoms with Crippen molar-refractivity contribution in [2.75, 3.05) is 25.0 Å². The third-order valence-electron chi connectivity index (χ3n) is 4.80. The Morgan fingerprint density at radius 3 is 2.52 bits per heavy atom. The number of carbonyl (C=O) groups is 2. The maximum atomic E-state index is 12.8. The topological polar surface area (TPSA) is 59.8 Å². The Balaban J connectivity index is 1.98. The van der Waals surface area contributed by atoms with E-state index in [2.05, 4.69) is 5.32 Å². The summed E-state index contributed by atoms with van der Waals surface area (Å²) in [5.41, 5.74) is -0.943. The number of carbonyl (C=O) groups excluding carboxylic acids is 2. The maximum absolute atomic E-state index is 12.8. The quantitative estimate of drug-likeness (QED) is 0.737. The number of piperidine rings is 1. The molecule has 9 heteroatoms. The average Bonchev–Trinajstić information content (AvgIpc) is 2.62. The predicted octanol–water partition coefficient (Wildman–Crippen LogP) is 2.54. The first-order valence-electron chi connectivity index (χ1n) is 8.82. The minimum absolute atomic E-state index is 0.0413. The maximum Gasteiger partial charge on any atom is 0.416 e. The molecule has 1 aliphatic heterocycles. The summed E-state index contributed by atoms with van der Waals surface area (Å²) in [5, 5.41) is 2.53. The number of esters is 1. The Morgan fingerprint density at radius 2 is 1.96 bits per heavy atom. The van der Waals surface area contributed by atoms with E-state index in [-0.39, 0.29) is 22.6 Å². The van der Waals surface area contributed by atoms with Crippen molar-refractivity contribution in [2.24, 2.45) is 5.92 Å². The van der Waals surface area contributed by atoms with Crippen LogP contribution in [0, 0.1) is 5.92 Å². The van der Waals surface area contributed by atoms with Gasteiger partial charge in [0.1, 0.15) is 0 Å². The van der Waals surface area contributed by atoms with Crippen molar-refractivity contribution >= 4 is 29.2 Å². The van der Waals surface area contributed by atoms with Crippen LogP contribution in [-0.4, -0.2) is 37.6 Å². The molecule has 1 amide bonds. The number of likely N-dealkylation sites (tertiary alicyclic amines) is 1. The lowest BCUT2D eigenvalue weighted by Crippen LogP contribution is -3.17. The molecule has 0 aliphatic carbocycles. The average molecular weight is 408 g/mol. The summed E-state index contributed by atoms with van der Waals surface area (Å²) in [6.07, 6.45) is -3.30. The zero-order valence-electron chi connectivity index (χ0n) is 15.2. The Labute approximate surface area is 160 Å². The van der Waals surface area contributed by atoms with Crippen LogP contribution in [0.1, 0.15) is 32.3 Å². The first-order valence-corrected chi connectivity index (χ1v) is 9.20. The molecule has 0 bridgehead atoms. The smallest absolute Gasteiger partial charge is 0.416 e. The van der Waals surface area contributed by atoms with Crippen LogP contribution in [0.5, 0.6) is 0 Å². The number of hydrogen-bond donors (Lipinski definition) is 2. The first-order chi connectivity index (χ1) is 12.6. The zero-order chi connectivity index (χ0) is 20.2. The van der Waals surface area contributed by atoms with Crippen LogP contribution in [0.3, 0.4) is 0 Å². The number of benzene rings is 1. The normalized spacial score (nSPS) is 21.4. The fourth-order valence-corrected chi connectivity index (χ4v) is 3.31. The van der Waals surface area contributed by atoms with Crippen molar-refractivity contribution in [3.63, 3.8) is 0 Å². The van der Waals surface area contributed by atoms with Crippen LogP contribution in [0.25, 0.3) is 0 Å². The van der Waals surface area contributed by atoms with E-state index in [0.29, 0.717) is 32.5 Å². The summed E-state index contributed by atoms with van der Waals surface area (Å²) in [7, 11) is 0. The number of amides is 1. The fraction of sp³-hybridized carbons (Fsp3) is 0.556. The summed E-state index contributed by atoms with van der Waals surface area (Å²) in [6, 6.07) is 2.32. The standard InChI is InChI=1S/C18H22ClF3N2O3/c1-3-27-17(26)12-6-8-24(9-7-12)11(2)16(25)23-15-10-13(18(20,21)22)4-5-14(15)19/h4-5,10-12H,3,6-9H2,1-2H3,(H,23,25)/p+1/t11-/m0/s1. The van der Waals surface area contributed by atoms with E-state index in [1.54, 1.807) is 13.8 Å². The molecule has 1 aromatic carbocycles. The highest BCUT2D eigenvalue weighted by atomic mass is 35.5. The van der Waals surface area contributed by atoms with Crippen molar-refractivity contribution in [2.45, 2.75) is 38.9 Å². The lowest BCUT2D eigenvalue weighted by molar-refractivity contribution is -0.919. The van der Waals surface area contributed by atoms with Crippen molar-refractivity contribution in [1.29, 1.82) is 0 Å². The molecule has 1 atom stereocenters. The van der Waals surface area contributed by atoms with Gasteiger partial charge in [-0.2, -0.15) is 13.2 Å². The van der Waals surface area contributed by atoms with Gasteiger partial charge in [-0.3, -0.25) is 9.59 Å². The van der Waals surface area contributed by atoms with Gasteiger partial charge in [0.25, 0.3) is 5.91 Å². The monoisotopic (exact) mass is 407 g/mol. The van der Waals surface area contributed by atoms with Gasteiger partial charge in [0.05, 0.1) is 41.9 Å². The first kappa shape index (κ1) is 21.5. The lowest BCUT2D eigenvalue weighted by atomic mass is 9.96. The summed E-state index contributed by atoms with van der Waals surface area (Å²) in [6.45, 7) is 5.01. The van der Waals surface area contributed by atoms with E-state index >= 15 is 0 Å². The molecule has 27 heavy (non-hydrogen) atoms. The molecule has 2 N–H and O–H groups in total. The highest BCUT2D eigenvalue weighted by Crippen LogP contribution is 2.33. The molecule has 0 spiro atoms. The Hall–Kier alpha value is -1.80. The van der Waals surface area contributed by atoms with Gasteiger partial charge in [-0.1, -0.05) is 11.6 Å². The van der Waals surface area contributed by atoms with E-state index in [9.17, 15) is 22.8 Å². The highest BCUT2D eigenvalue weighted by Gasteiger charge is 2.34. The third-order valence-corrected chi connectivity index (χ3v) is 5.13. The summed E-state index contributed by atoms with van der Waals surface area (Å²) in [5.74, 6) is -0.799. The van der Waals surface area contributed by atoms with Gasteiger partial charge in [0, 0.05) is 12.8 Å². The van der Waals surface area contributed by atoms with Crippen molar-refractivity contribution in [3.05, 3.63) is 28.8 Å². The van der Waals surface area contributed by atoms with Gasteiger partial charge in [0.15, 0.2) is 6.04 Å². The van der Waals surface area contributed by atoms with Gasteiger partial charge in [-0.15, -0.1) is 0 Å². The molecule has 0 unspecified atom stereocenters. The van der Waals surface area contributed by atoms with E-state index in [0.717, 1.165) is 23.1 Å². The Bertz CT molecular complexity index is 689. The lowest BCUT2D eigenvalue weighted by Gasteiger charge is -2.31. The number of rotatable bonds is 5. The summed E-state index contributed by atoms with van der Waals surface area (Å²) in [4.78, 5) is 25.2. The Morgan fingerprint density at radius 1 is 1.33 bits per heavy atom. The fourth-order valence-electron chi connectivity index (χ4n) is 3.14. The molecule has 0 aromatic heterocycles. The predicted molar refractivity (Wildman–Crippen MR) is 94.6 cm³/mol. The number of ether oxygens (including phenoxy) is 1. The van der Waals surface area contributed by atoms with E-state index in [4.69, 9.17) is 16.3 Å². The molecule has 2 rings (SSSR count). The van der Waals surface area contributed by atoms with E-state index in [1.165, 1.54) is 0 Å². The van der Waals surface area contributed by atoms with Gasteiger partial charge >= 0.3 is 12.1 Å². The number of halogens is 4. The van der Waals surface area contributed by atoms with E-state index < -0.39 is 23.7 Å². The van der Waals surface area contributed by atoms with Crippen molar-refractivity contribution in [3.8, 4) is 0 Å². The molecule has 1 saturated heterocycles. The summed E-state index contributed by atoms with van der Waals surface area (Å²) < 4.78 is 43.6. The van der Waals surface area contributed by atoms with Gasteiger partial charge < -0.3 is 15.0 Å². The van der Waals surface area contributed by atoms with Crippen LogP contribution in [0.2, 0.25) is 5.02 Å². The molecule has 1 aromatic rings. The number of nitrogens with one attached hydrogen (secondary N) is 2. The zero-order valence-corrected chi connectivity index (χ0v) is 15.9. The molecule has 5 nitrogen and oxygen atoms in total. The largest absolute Gasteiger partial charge is 0.466 e. The molecule has 0 radical (unpaired) electrons. The van der Waals surface area contributed by atoms with Crippen molar-refractivity contribution in [1.82, 2.24) is 0 Å². The van der Waals surface area contributed by atoms with Crippen LogP contribution in [0.4, 0.5) is 18.9 Å². The van der Waals surface area contributed by atoms with E-state index in [1.807, 2.05) is 0 Å². The molecular formula is C18H23ClF3N2O3+. The van der Waals surface area contributed by atoms with Crippen LogP contribution in [-0.2, 0) is 20.5 Å². The van der Waals surface area contributed by atoms with Gasteiger partial charge in [-0.25, -0.2) is 0 Å². The number of alkyl halides is 3. The second-order valence-corrected chi connectivity index (χ2v) is 7.00. The second-order valence-electron chi connectivity index (χ2n) is 6.59. The van der Waals surface area contributed by atoms with Crippen LogP contribution < -0.4 is 10.2 Å². The van der Waals surface area contributed by atoms with Crippen LogP contribution in [0.15, 0.2) is 18.2 Å².